The number of fused-ring (bicyclic) bond motifs is 2. The van der Waals surface area contributed by atoms with Gasteiger partial charge in [-0.25, -0.2) is 13.2 Å². The van der Waals surface area contributed by atoms with E-state index in [4.69, 9.17) is 4.74 Å². The number of amides is 2. The summed E-state index contributed by atoms with van der Waals surface area (Å²) in [6, 6.07) is 0.00314. The van der Waals surface area contributed by atoms with Crippen molar-refractivity contribution in [2.24, 2.45) is 11.3 Å². The van der Waals surface area contributed by atoms with Crippen LogP contribution >= 0.6 is 0 Å². The van der Waals surface area contributed by atoms with Crippen LogP contribution in [0.15, 0.2) is 0 Å². The number of carbonyl (C=O) groups excluding carboxylic acids is 1. The Labute approximate surface area is 138 Å². The molecule has 0 aromatic heterocycles. The van der Waals surface area contributed by atoms with Crippen LogP contribution < -0.4 is 5.32 Å². The molecule has 3 atom stereocenters. The minimum Gasteiger partial charge on any atom is -0.377 e. The van der Waals surface area contributed by atoms with E-state index in [1.807, 2.05) is 0 Å². The Kier molecular flexibility index (Phi) is 3.95. The minimum absolute atomic E-state index is 0.143. The van der Waals surface area contributed by atoms with E-state index in [1.54, 1.807) is 20.9 Å². The summed E-state index contributed by atoms with van der Waals surface area (Å²) in [4.78, 5) is 14.0. The van der Waals surface area contributed by atoms with Crippen molar-refractivity contribution in [2.75, 3.05) is 26.5 Å². The average molecular weight is 344 g/mol. The summed E-state index contributed by atoms with van der Waals surface area (Å²) in [7, 11) is -1.56. The highest BCUT2D eigenvalue weighted by molar-refractivity contribution is 7.92. The van der Waals surface area contributed by atoms with E-state index in [2.05, 4.69) is 5.32 Å². The third kappa shape index (κ3) is 2.56. The quantitative estimate of drug-likeness (QED) is 0.837. The molecule has 0 unspecified atom stereocenters. The van der Waals surface area contributed by atoms with Crippen molar-refractivity contribution in [1.29, 1.82) is 0 Å². The average Bonchev–Trinajstić information content (AvgIpc) is 2.77. The number of rotatable bonds is 4. The molecular weight excluding hydrogens is 316 g/mol. The van der Waals surface area contributed by atoms with Crippen molar-refractivity contribution < 1.29 is 17.9 Å². The highest BCUT2D eigenvalue weighted by Gasteiger charge is 2.67. The number of nitrogens with one attached hydrogen (secondary N) is 1. The first-order valence-electron chi connectivity index (χ1n) is 8.41. The Morgan fingerprint density at radius 1 is 1.39 bits per heavy atom. The first kappa shape index (κ1) is 17.0. The fourth-order valence-electron chi connectivity index (χ4n) is 4.46. The smallest absolute Gasteiger partial charge is 0.317 e. The van der Waals surface area contributed by atoms with Gasteiger partial charge in [-0.15, -0.1) is 0 Å². The Balaban J connectivity index is 1.63. The molecule has 0 aromatic rings. The molecule has 1 N–H and O–H groups in total. The fraction of sp³-hybridized carbons (Fsp3) is 0.938. The number of hydrogen-bond acceptors (Lipinski definition) is 4. The topological polar surface area (TPSA) is 75.7 Å². The molecule has 3 rings (SSSR count). The van der Waals surface area contributed by atoms with Crippen LogP contribution in [0.2, 0.25) is 0 Å². The van der Waals surface area contributed by atoms with E-state index >= 15 is 0 Å². The van der Waals surface area contributed by atoms with Gasteiger partial charge in [0.1, 0.15) is 0 Å². The van der Waals surface area contributed by atoms with Crippen molar-refractivity contribution in [3.05, 3.63) is 0 Å². The lowest BCUT2D eigenvalue weighted by atomic mass is 9.46. The van der Waals surface area contributed by atoms with Gasteiger partial charge in [0.2, 0.25) is 0 Å². The van der Waals surface area contributed by atoms with Gasteiger partial charge in [0, 0.05) is 43.8 Å². The first-order valence-corrected chi connectivity index (χ1v) is 10.3. The maximum Gasteiger partial charge on any atom is 0.317 e. The molecular formula is C16H28N2O4S. The van der Waals surface area contributed by atoms with Crippen LogP contribution in [0.3, 0.4) is 0 Å². The van der Waals surface area contributed by atoms with Crippen LogP contribution in [0.5, 0.6) is 0 Å². The number of ether oxygens (including phenoxy) is 1. The van der Waals surface area contributed by atoms with Crippen LogP contribution in [0.1, 0.15) is 39.5 Å². The van der Waals surface area contributed by atoms with Crippen molar-refractivity contribution in [3.63, 3.8) is 0 Å². The lowest BCUT2D eigenvalue weighted by molar-refractivity contribution is -0.172. The largest absolute Gasteiger partial charge is 0.377 e. The van der Waals surface area contributed by atoms with Crippen molar-refractivity contribution in [1.82, 2.24) is 10.2 Å². The van der Waals surface area contributed by atoms with Gasteiger partial charge in [0.15, 0.2) is 9.84 Å². The Hall–Kier alpha value is -0.820. The normalized spacial score (nSPS) is 31.9. The van der Waals surface area contributed by atoms with Crippen LogP contribution in [-0.4, -0.2) is 62.7 Å². The Bertz CT molecular complexity index is 597. The summed E-state index contributed by atoms with van der Waals surface area (Å²) in [6.45, 7) is 4.29. The maximum absolute atomic E-state index is 12.5. The van der Waals surface area contributed by atoms with Gasteiger partial charge in [-0.3, -0.25) is 0 Å². The van der Waals surface area contributed by atoms with Gasteiger partial charge in [-0.2, -0.15) is 0 Å². The van der Waals surface area contributed by atoms with E-state index in [-0.39, 0.29) is 24.0 Å². The zero-order valence-electron chi connectivity index (χ0n) is 14.5. The summed E-state index contributed by atoms with van der Waals surface area (Å²) in [6.07, 6.45) is 6.00. The zero-order valence-corrected chi connectivity index (χ0v) is 15.3. The van der Waals surface area contributed by atoms with Crippen molar-refractivity contribution >= 4 is 15.9 Å². The lowest BCUT2D eigenvalue weighted by Crippen LogP contribution is -2.72. The number of carbonyl (C=O) groups is 1. The third-order valence-corrected chi connectivity index (χ3v) is 8.42. The molecule has 1 saturated heterocycles. The summed E-state index contributed by atoms with van der Waals surface area (Å²) in [5.41, 5.74) is 0.143. The Morgan fingerprint density at radius 3 is 2.57 bits per heavy atom. The molecule has 2 aliphatic carbocycles. The van der Waals surface area contributed by atoms with Gasteiger partial charge in [0.25, 0.3) is 0 Å². The molecule has 0 bridgehead atoms. The molecule has 0 aromatic carbocycles. The monoisotopic (exact) mass is 344 g/mol. The summed E-state index contributed by atoms with van der Waals surface area (Å²) in [5.74, 6) is 0.426. The highest BCUT2D eigenvalue weighted by Crippen LogP contribution is 2.62. The van der Waals surface area contributed by atoms with Crippen LogP contribution in [0.4, 0.5) is 4.79 Å². The van der Waals surface area contributed by atoms with Gasteiger partial charge < -0.3 is 15.0 Å². The summed E-state index contributed by atoms with van der Waals surface area (Å²) < 4.78 is 28.6. The molecule has 2 amide bonds. The standard InChI is InChI=1S/C16H28N2O4S/c1-15(2,23(4,20)21)10-18(3)14(19)17-12-11-6-9-22-13(11)16(12)7-5-8-16/h11-13H,5-10H2,1-4H3,(H,17,19)/t11-,12+,13+/m0/s1. The number of hydrogen-bond donors (Lipinski definition) is 1. The molecule has 0 radical (unpaired) electrons. The highest BCUT2D eigenvalue weighted by atomic mass is 32.2. The molecule has 1 spiro atoms. The van der Waals surface area contributed by atoms with Crippen LogP contribution in [0, 0.1) is 11.3 Å². The predicted molar refractivity (Wildman–Crippen MR) is 88.0 cm³/mol. The lowest BCUT2D eigenvalue weighted by Gasteiger charge is -2.63. The molecule has 6 nitrogen and oxygen atoms in total. The molecule has 3 aliphatic rings. The number of urea groups is 1. The number of sulfone groups is 1. The zero-order chi connectivity index (χ0) is 17.0. The molecule has 7 heteroatoms. The van der Waals surface area contributed by atoms with E-state index in [1.165, 1.54) is 17.6 Å². The predicted octanol–water partition coefficient (Wildman–Crippen LogP) is 1.41. The van der Waals surface area contributed by atoms with Gasteiger partial charge in [-0.05, 0) is 33.1 Å². The fourth-order valence-corrected chi connectivity index (χ4v) is 4.89. The first-order chi connectivity index (χ1) is 10.6. The second-order valence-corrected chi connectivity index (χ2v) is 10.8. The molecule has 23 heavy (non-hydrogen) atoms. The van der Waals surface area contributed by atoms with E-state index < -0.39 is 14.6 Å². The molecule has 1 aliphatic heterocycles. The maximum atomic E-state index is 12.5. The second-order valence-electron chi connectivity index (χ2n) is 8.15. The minimum atomic E-state index is -3.22. The number of nitrogens with zero attached hydrogens (tertiary/aromatic N) is 1. The van der Waals surface area contributed by atoms with Gasteiger partial charge in [-0.1, -0.05) is 6.42 Å². The van der Waals surface area contributed by atoms with E-state index in [0.717, 1.165) is 25.9 Å². The van der Waals surface area contributed by atoms with Gasteiger partial charge >= 0.3 is 6.03 Å². The third-order valence-electron chi connectivity index (χ3n) is 6.28. The van der Waals surface area contributed by atoms with E-state index in [9.17, 15) is 13.2 Å². The van der Waals surface area contributed by atoms with Crippen molar-refractivity contribution in [2.45, 2.75) is 56.4 Å². The molecule has 132 valence electrons. The molecule has 2 saturated carbocycles. The van der Waals surface area contributed by atoms with E-state index in [0.29, 0.717) is 12.0 Å². The molecule has 1 heterocycles. The van der Waals surface area contributed by atoms with Crippen LogP contribution in [0.25, 0.3) is 0 Å². The van der Waals surface area contributed by atoms with Crippen molar-refractivity contribution in [3.8, 4) is 0 Å². The summed E-state index contributed by atoms with van der Waals surface area (Å²) in [5, 5.41) is 3.17. The van der Waals surface area contributed by atoms with Crippen LogP contribution in [-0.2, 0) is 14.6 Å². The second kappa shape index (κ2) is 5.34. The SMILES string of the molecule is CN(CC(C)(C)S(C)(=O)=O)C(=O)N[C@@H]1[C@@H]2CCO[C@H]2C12CCC2. The molecule has 3 fully saturated rings. The summed E-state index contributed by atoms with van der Waals surface area (Å²) >= 11 is 0. The van der Waals surface area contributed by atoms with Gasteiger partial charge in [0.05, 0.1) is 10.9 Å². The Morgan fingerprint density at radius 2 is 2.04 bits per heavy atom.